The van der Waals surface area contributed by atoms with E-state index in [2.05, 4.69) is 46.3 Å². The fourth-order valence-corrected chi connectivity index (χ4v) is 3.40. The molecule has 0 saturated carbocycles. The Balaban J connectivity index is 0.00000420. The third-order valence-electron chi connectivity index (χ3n) is 5.20. The summed E-state index contributed by atoms with van der Waals surface area (Å²) in [6, 6.07) is 6.92. The first-order valence-corrected chi connectivity index (χ1v) is 10.2. The molecule has 1 fully saturated rings. The average Bonchev–Trinajstić information content (AvgIpc) is 2.67. The van der Waals surface area contributed by atoms with Gasteiger partial charge in [-0.3, -0.25) is 9.89 Å². The number of para-hydroxylation sites is 1. The molecule has 6 nitrogen and oxygen atoms in total. The number of piperazine rings is 1. The largest absolute Gasteiger partial charge is 0.486 e. The standard InChI is InChI=1S/C21H36FN5O.HI/c1-16(2)19(27-12-10-26(5)11-13-27)15-25-21(23-4)24-14-17(3)28-20-9-7-6-8-18(20)22;/h6-9,16-17,19H,10-15H2,1-5H3,(H2,23,24,25);1H. The van der Waals surface area contributed by atoms with Gasteiger partial charge in [0, 0.05) is 45.8 Å². The van der Waals surface area contributed by atoms with Gasteiger partial charge >= 0.3 is 0 Å². The van der Waals surface area contributed by atoms with Crippen molar-refractivity contribution in [2.75, 3.05) is 53.4 Å². The van der Waals surface area contributed by atoms with Crippen molar-refractivity contribution in [2.45, 2.75) is 32.9 Å². The van der Waals surface area contributed by atoms with Crippen molar-refractivity contribution < 1.29 is 9.13 Å². The van der Waals surface area contributed by atoms with E-state index < -0.39 is 0 Å². The minimum Gasteiger partial charge on any atom is -0.486 e. The molecule has 1 aromatic carbocycles. The Kier molecular flexibility index (Phi) is 11.8. The Bertz CT molecular complexity index is 623. The number of nitrogens with one attached hydrogen (secondary N) is 2. The molecule has 2 unspecified atom stereocenters. The zero-order valence-electron chi connectivity index (χ0n) is 18.3. The molecule has 2 atom stereocenters. The van der Waals surface area contributed by atoms with Gasteiger partial charge < -0.3 is 20.3 Å². The second kappa shape index (κ2) is 13.2. The van der Waals surface area contributed by atoms with Crippen molar-refractivity contribution in [3.8, 4) is 5.75 Å². The van der Waals surface area contributed by atoms with Gasteiger partial charge in [-0.1, -0.05) is 26.0 Å². The number of nitrogens with zero attached hydrogens (tertiary/aromatic N) is 3. The molecule has 0 aliphatic carbocycles. The lowest BCUT2D eigenvalue weighted by Crippen LogP contribution is -2.55. The van der Waals surface area contributed by atoms with Gasteiger partial charge in [0.1, 0.15) is 6.10 Å². The second-order valence-corrected chi connectivity index (χ2v) is 7.84. The van der Waals surface area contributed by atoms with Crippen molar-refractivity contribution >= 4 is 29.9 Å². The SMILES string of the molecule is CN=C(NCC(C)Oc1ccccc1F)NCC(C(C)C)N1CCN(C)CC1.I. The highest BCUT2D eigenvalue weighted by molar-refractivity contribution is 14.0. The molecule has 0 bridgehead atoms. The maximum absolute atomic E-state index is 13.7. The Morgan fingerprint density at radius 3 is 2.31 bits per heavy atom. The lowest BCUT2D eigenvalue weighted by molar-refractivity contribution is 0.0899. The molecule has 2 N–H and O–H groups in total. The Morgan fingerprint density at radius 1 is 1.10 bits per heavy atom. The fourth-order valence-electron chi connectivity index (χ4n) is 3.40. The minimum absolute atomic E-state index is 0. The molecule has 1 saturated heterocycles. The quantitative estimate of drug-likeness (QED) is 0.313. The number of hydrogen-bond acceptors (Lipinski definition) is 4. The topological polar surface area (TPSA) is 52.1 Å². The Labute approximate surface area is 192 Å². The van der Waals surface area contributed by atoms with Gasteiger partial charge in [-0.15, -0.1) is 24.0 Å². The highest BCUT2D eigenvalue weighted by Gasteiger charge is 2.25. The van der Waals surface area contributed by atoms with Gasteiger partial charge in [0.2, 0.25) is 0 Å². The maximum atomic E-state index is 13.7. The van der Waals surface area contributed by atoms with Crippen LogP contribution in [0.4, 0.5) is 4.39 Å². The van der Waals surface area contributed by atoms with Gasteiger partial charge in [-0.2, -0.15) is 0 Å². The number of aliphatic imine (C=N–C) groups is 1. The summed E-state index contributed by atoms with van der Waals surface area (Å²) in [6.45, 7) is 12.2. The monoisotopic (exact) mass is 521 g/mol. The van der Waals surface area contributed by atoms with Crippen LogP contribution in [0.25, 0.3) is 0 Å². The van der Waals surface area contributed by atoms with Crippen LogP contribution in [0.2, 0.25) is 0 Å². The van der Waals surface area contributed by atoms with Crippen LogP contribution in [0.15, 0.2) is 29.3 Å². The van der Waals surface area contributed by atoms with E-state index in [0.29, 0.717) is 18.5 Å². The van der Waals surface area contributed by atoms with Gasteiger partial charge in [0.15, 0.2) is 17.5 Å². The number of hydrogen-bond donors (Lipinski definition) is 2. The van der Waals surface area contributed by atoms with Crippen LogP contribution in [-0.4, -0.2) is 81.3 Å². The smallest absolute Gasteiger partial charge is 0.191 e. The van der Waals surface area contributed by atoms with E-state index >= 15 is 0 Å². The summed E-state index contributed by atoms with van der Waals surface area (Å²) in [5, 5.41) is 6.72. The first kappa shape index (κ1) is 25.9. The van der Waals surface area contributed by atoms with Crippen molar-refractivity contribution in [1.82, 2.24) is 20.4 Å². The predicted octanol–water partition coefficient (Wildman–Crippen LogP) is 2.65. The zero-order valence-corrected chi connectivity index (χ0v) is 20.7. The third kappa shape index (κ3) is 8.64. The lowest BCUT2D eigenvalue weighted by Gasteiger charge is -2.40. The number of halogens is 2. The molecule has 1 heterocycles. The summed E-state index contributed by atoms with van der Waals surface area (Å²) < 4.78 is 19.4. The molecular weight excluding hydrogens is 484 g/mol. The van der Waals surface area contributed by atoms with Crippen LogP contribution in [0.3, 0.4) is 0 Å². The summed E-state index contributed by atoms with van der Waals surface area (Å²) in [6.07, 6.45) is -0.186. The van der Waals surface area contributed by atoms with Crippen molar-refractivity contribution in [3.63, 3.8) is 0 Å². The molecule has 0 spiro atoms. The third-order valence-corrected chi connectivity index (χ3v) is 5.20. The number of benzene rings is 1. The van der Waals surface area contributed by atoms with Crippen LogP contribution < -0.4 is 15.4 Å². The van der Waals surface area contributed by atoms with Crippen molar-refractivity contribution in [3.05, 3.63) is 30.1 Å². The van der Waals surface area contributed by atoms with Gasteiger partial charge in [0.05, 0.1) is 6.54 Å². The van der Waals surface area contributed by atoms with E-state index in [0.717, 1.165) is 38.7 Å². The van der Waals surface area contributed by atoms with Gasteiger partial charge in [0.25, 0.3) is 0 Å². The fraction of sp³-hybridized carbons (Fsp3) is 0.667. The van der Waals surface area contributed by atoms with Crippen LogP contribution in [-0.2, 0) is 0 Å². The summed E-state index contributed by atoms with van der Waals surface area (Å²) in [5.41, 5.74) is 0. The average molecular weight is 521 g/mol. The normalized spacial score (nSPS) is 18.1. The highest BCUT2D eigenvalue weighted by Crippen LogP contribution is 2.16. The first-order chi connectivity index (χ1) is 13.4. The van der Waals surface area contributed by atoms with E-state index in [1.165, 1.54) is 6.07 Å². The lowest BCUT2D eigenvalue weighted by atomic mass is 10.0. The molecule has 0 aromatic heterocycles. The Morgan fingerprint density at radius 2 is 1.72 bits per heavy atom. The van der Waals surface area contributed by atoms with E-state index in [1.54, 1.807) is 25.2 Å². The minimum atomic E-state index is -0.344. The summed E-state index contributed by atoms with van der Waals surface area (Å²) in [5.74, 6) is 1.22. The number of likely N-dealkylation sites (N-methyl/N-ethyl adjacent to an activating group) is 1. The molecule has 0 radical (unpaired) electrons. The second-order valence-electron chi connectivity index (χ2n) is 7.84. The van der Waals surface area contributed by atoms with Crippen molar-refractivity contribution in [1.29, 1.82) is 0 Å². The molecule has 29 heavy (non-hydrogen) atoms. The molecule has 2 rings (SSSR count). The van der Waals surface area contributed by atoms with Crippen molar-refractivity contribution in [2.24, 2.45) is 10.9 Å². The number of guanidine groups is 1. The van der Waals surface area contributed by atoms with Crippen LogP contribution in [0.1, 0.15) is 20.8 Å². The first-order valence-electron chi connectivity index (χ1n) is 10.2. The molecule has 1 aromatic rings. The summed E-state index contributed by atoms with van der Waals surface area (Å²) >= 11 is 0. The molecular formula is C21H37FIN5O. The molecule has 166 valence electrons. The van der Waals surface area contributed by atoms with Gasteiger partial charge in [-0.05, 0) is 32.0 Å². The zero-order chi connectivity index (χ0) is 20.5. The van der Waals surface area contributed by atoms with Gasteiger partial charge in [-0.25, -0.2) is 4.39 Å². The van der Waals surface area contributed by atoms with Crippen LogP contribution in [0.5, 0.6) is 5.75 Å². The molecule has 0 amide bonds. The van der Waals surface area contributed by atoms with Crippen LogP contribution >= 0.6 is 24.0 Å². The summed E-state index contributed by atoms with van der Waals surface area (Å²) in [7, 11) is 3.94. The van der Waals surface area contributed by atoms with E-state index in [4.69, 9.17) is 4.74 Å². The molecule has 1 aliphatic heterocycles. The Hall–Kier alpha value is -1.13. The molecule has 1 aliphatic rings. The van der Waals surface area contributed by atoms with E-state index in [9.17, 15) is 4.39 Å². The number of ether oxygens (including phenoxy) is 1. The predicted molar refractivity (Wildman–Crippen MR) is 129 cm³/mol. The van der Waals surface area contributed by atoms with E-state index in [1.807, 2.05) is 6.92 Å². The van der Waals surface area contributed by atoms with E-state index in [-0.39, 0.29) is 41.6 Å². The van der Waals surface area contributed by atoms with Crippen LogP contribution in [0, 0.1) is 11.7 Å². The maximum Gasteiger partial charge on any atom is 0.191 e. The highest BCUT2D eigenvalue weighted by atomic mass is 127. The number of rotatable bonds is 8. The molecule has 8 heteroatoms. The summed E-state index contributed by atoms with van der Waals surface area (Å²) in [4.78, 5) is 9.25.